The normalized spacial score (nSPS) is 10.9. The molecule has 4 aromatic rings. The molecule has 0 radical (unpaired) electrons. The van der Waals surface area contributed by atoms with Gasteiger partial charge in [0, 0.05) is 17.0 Å². The molecule has 1 N–H and O–H groups in total. The maximum atomic E-state index is 12.4. The molecule has 8 heteroatoms. The highest BCUT2D eigenvalue weighted by Gasteiger charge is 2.15. The Hall–Kier alpha value is -3.68. The molecule has 1 amide bonds. The molecule has 3 aromatic heterocycles. The van der Waals surface area contributed by atoms with E-state index in [4.69, 9.17) is 0 Å². The molecule has 0 aliphatic carbocycles. The van der Waals surface area contributed by atoms with Gasteiger partial charge in [-0.3, -0.25) is 4.79 Å². The Kier molecular flexibility index (Phi) is 4.29. The second kappa shape index (κ2) is 6.91. The number of nitrogens with one attached hydrogen (secondary N) is 1. The maximum absolute atomic E-state index is 12.4. The number of aromatic nitrogens is 6. The van der Waals surface area contributed by atoms with Crippen molar-refractivity contribution >= 4 is 11.7 Å². The Bertz CT molecular complexity index is 1120. The summed E-state index contributed by atoms with van der Waals surface area (Å²) in [5, 5.41) is 7.02. The predicted octanol–water partition coefficient (Wildman–Crippen LogP) is 2.13. The van der Waals surface area contributed by atoms with Gasteiger partial charge in [-0.1, -0.05) is 30.3 Å². The number of nitrogens with zero attached hydrogens (tertiary/aromatic N) is 6. The van der Waals surface area contributed by atoms with Crippen molar-refractivity contribution in [3.8, 4) is 11.3 Å². The zero-order valence-electron chi connectivity index (χ0n) is 14.9. The standard InChI is InChI=1S/C19H17N7O/c1-12-8-13(2)26-19(23-12)24-17(25-26)18(27)20-10-15-9-16(22-11-21-15)14-6-4-3-5-7-14/h3-9,11H,10H2,1-2H3,(H,20,27). The minimum absolute atomic E-state index is 0.0774. The minimum Gasteiger partial charge on any atom is -0.344 e. The van der Waals surface area contributed by atoms with E-state index in [-0.39, 0.29) is 18.3 Å². The molecule has 1 aromatic carbocycles. The van der Waals surface area contributed by atoms with Crippen molar-refractivity contribution in [2.45, 2.75) is 20.4 Å². The van der Waals surface area contributed by atoms with Crippen LogP contribution in [-0.2, 0) is 6.54 Å². The lowest BCUT2D eigenvalue weighted by molar-refractivity contribution is 0.0940. The van der Waals surface area contributed by atoms with Crippen molar-refractivity contribution in [1.82, 2.24) is 34.9 Å². The SMILES string of the molecule is Cc1cc(C)n2nc(C(=O)NCc3cc(-c4ccccc4)ncn3)nc2n1. The van der Waals surface area contributed by atoms with Gasteiger partial charge in [-0.25, -0.2) is 19.5 Å². The highest BCUT2D eigenvalue weighted by molar-refractivity contribution is 5.90. The molecule has 0 aliphatic rings. The van der Waals surface area contributed by atoms with Crippen molar-refractivity contribution in [1.29, 1.82) is 0 Å². The van der Waals surface area contributed by atoms with Crippen LogP contribution in [0.15, 0.2) is 48.8 Å². The molecule has 27 heavy (non-hydrogen) atoms. The highest BCUT2D eigenvalue weighted by atomic mass is 16.2. The van der Waals surface area contributed by atoms with Gasteiger partial charge in [0.05, 0.1) is 17.9 Å². The van der Waals surface area contributed by atoms with E-state index < -0.39 is 0 Å². The molecule has 0 spiro atoms. The number of carbonyl (C=O) groups excluding carboxylic acids is 1. The fourth-order valence-corrected chi connectivity index (χ4v) is 2.77. The van der Waals surface area contributed by atoms with E-state index >= 15 is 0 Å². The summed E-state index contributed by atoms with van der Waals surface area (Å²) in [5.41, 5.74) is 4.19. The first-order valence-electron chi connectivity index (χ1n) is 8.46. The summed E-state index contributed by atoms with van der Waals surface area (Å²) in [6.45, 7) is 4.02. The number of rotatable bonds is 4. The van der Waals surface area contributed by atoms with Crippen LogP contribution in [0, 0.1) is 13.8 Å². The van der Waals surface area contributed by atoms with Crippen LogP contribution in [0.5, 0.6) is 0 Å². The van der Waals surface area contributed by atoms with E-state index in [0.29, 0.717) is 11.5 Å². The van der Waals surface area contributed by atoms with Crippen LogP contribution in [0.4, 0.5) is 0 Å². The largest absolute Gasteiger partial charge is 0.344 e. The summed E-state index contributed by atoms with van der Waals surface area (Å²) >= 11 is 0. The molecule has 0 bridgehead atoms. The molecule has 0 unspecified atom stereocenters. The number of hydrogen-bond acceptors (Lipinski definition) is 6. The third-order valence-electron chi connectivity index (χ3n) is 4.04. The molecule has 0 fully saturated rings. The summed E-state index contributed by atoms with van der Waals surface area (Å²) in [6, 6.07) is 13.5. The van der Waals surface area contributed by atoms with Gasteiger partial charge in [0.15, 0.2) is 0 Å². The first-order chi connectivity index (χ1) is 13.1. The predicted molar refractivity (Wildman–Crippen MR) is 98.9 cm³/mol. The number of carbonyl (C=O) groups is 1. The van der Waals surface area contributed by atoms with Gasteiger partial charge in [-0.15, -0.1) is 5.10 Å². The summed E-state index contributed by atoms with van der Waals surface area (Å²) in [6.07, 6.45) is 1.49. The van der Waals surface area contributed by atoms with E-state index in [0.717, 1.165) is 22.6 Å². The first kappa shape index (κ1) is 16.8. The van der Waals surface area contributed by atoms with Crippen molar-refractivity contribution < 1.29 is 4.79 Å². The van der Waals surface area contributed by atoms with Gasteiger partial charge in [0.2, 0.25) is 5.82 Å². The molecule has 0 saturated heterocycles. The lowest BCUT2D eigenvalue weighted by atomic mass is 10.1. The van der Waals surface area contributed by atoms with E-state index in [1.807, 2.05) is 56.3 Å². The molecule has 0 saturated carbocycles. The molecule has 8 nitrogen and oxygen atoms in total. The van der Waals surface area contributed by atoms with Crippen LogP contribution in [0.3, 0.4) is 0 Å². The maximum Gasteiger partial charge on any atom is 0.291 e. The number of benzene rings is 1. The second-order valence-corrected chi connectivity index (χ2v) is 6.13. The van der Waals surface area contributed by atoms with Crippen LogP contribution in [0.2, 0.25) is 0 Å². The average molecular weight is 359 g/mol. The highest BCUT2D eigenvalue weighted by Crippen LogP contribution is 2.16. The zero-order chi connectivity index (χ0) is 18.8. The Morgan fingerprint density at radius 1 is 1.07 bits per heavy atom. The van der Waals surface area contributed by atoms with Gasteiger partial charge in [0.25, 0.3) is 11.7 Å². The number of aryl methyl sites for hydroxylation is 2. The quantitative estimate of drug-likeness (QED) is 0.599. The zero-order valence-corrected chi connectivity index (χ0v) is 14.9. The van der Waals surface area contributed by atoms with Crippen LogP contribution >= 0.6 is 0 Å². The van der Waals surface area contributed by atoms with Gasteiger partial charge in [-0.2, -0.15) is 4.98 Å². The van der Waals surface area contributed by atoms with E-state index in [1.54, 1.807) is 4.52 Å². The third kappa shape index (κ3) is 3.50. The van der Waals surface area contributed by atoms with Gasteiger partial charge in [0.1, 0.15) is 6.33 Å². The van der Waals surface area contributed by atoms with Crippen LogP contribution < -0.4 is 5.32 Å². The first-order valence-corrected chi connectivity index (χ1v) is 8.46. The van der Waals surface area contributed by atoms with Crippen LogP contribution in [0.25, 0.3) is 17.0 Å². The number of amides is 1. The smallest absolute Gasteiger partial charge is 0.291 e. The van der Waals surface area contributed by atoms with E-state index in [9.17, 15) is 4.79 Å². The van der Waals surface area contributed by atoms with Crippen molar-refractivity contribution in [3.05, 3.63) is 71.7 Å². The van der Waals surface area contributed by atoms with Crippen molar-refractivity contribution in [3.63, 3.8) is 0 Å². The second-order valence-electron chi connectivity index (χ2n) is 6.13. The minimum atomic E-state index is -0.377. The molecule has 0 aliphatic heterocycles. The van der Waals surface area contributed by atoms with Gasteiger partial charge >= 0.3 is 0 Å². The van der Waals surface area contributed by atoms with Gasteiger partial charge < -0.3 is 5.32 Å². The van der Waals surface area contributed by atoms with Crippen molar-refractivity contribution in [2.75, 3.05) is 0 Å². The summed E-state index contributed by atoms with van der Waals surface area (Å²) in [4.78, 5) is 29.4. The Morgan fingerprint density at radius 2 is 1.89 bits per heavy atom. The van der Waals surface area contributed by atoms with Gasteiger partial charge in [-0.05, 0) is 26.0 Å². The average Bonchev–Trinajstić information content (AvgIpc) is 3.11. The summed E-state index contributed by atoms with van der Waals surface area (Å²) < 4.78 is 1.56. The number of hydrogen-bond donors (Lipinski definition) is 1. The van der Waals surface area contributed by atoms with E-state index in [1.165, 1.54) is 6.33 Å². The molecular formula is C19H17N7O. The Morgan fingerprint density at radius 3 is 2.70 bits per heavy atom. The third-order valence-corrected chi connectivity index (χ3v) is 4.04. The molecule has 0 atom stereocenters. The fourth-order valence-electron chi connectivity index (χ4n) is 2.77. The van der Waals surface area contributed by atoms with Crippen LogP contribution in [-0.4, -0.2) is 35.5 Å². The summed E-state index contributed by atoms with van der Waals surface area (Å²) in [5.74, 6) is 0.108. The topological polar surface area (TPSA) is 98.0 Å². The Balaban J connectivity index is 1.51. The Labute approximate surface area is 155 Å². The molecule has 134 valence electrons. The van der Waals surface area contributed by atoms with Crippen LogP contribution in [0.1, 0.15) is 27.7 Å². The van der Waals surface area contributed by atoms with Crippen molar-refractivity contribution in [2.24, 2.45) is 0 Å². The molecular weight excluding hydrogens is 342 g/mol. The lowest BCUT2D eigenvalue weighted by Crippen LogP contribution is -2.24. The summed E-state index contributed by atoms with van der Waals surface area (Å²) in [7, 11) is 0. The number of fused-ring (bicyclic) bond motifs is 1. The molecule has 3 heterocycles. The monoisotopic (exact) mass is 359 g/mol. The van der Waals surface area contributed by atoms with E-state index in [2.05, 4.69) is 30.4 Å². The fraction of sp³-hybridized carbons (Fsp3) is 0.158. The lowest BCUT2D eigenvalue weighted by Gasteiger charge is -2.05. The molecule has 4 rings (SSSR count).